The minimum atomic E-state index is -1.14. The van der Waals surface area contributed by atoms with Gasteiger partial charge in [0, 0.05) is 28.7 Å². The molecule has 1 unspecified atom stereocenters. The summed E-state index contributed by atoms with van der Waals surface area (Å²) in [4.78, 5) is 12.8. The zero-order chi connectivity index (χ0) is 16.2. The van der Waals surface area contributed by atoms with Crippen molar-refractivity contribution >= 4 is 29.3 Å². The Hall–Kier alpha value is -1.50. The van der Waals surface area contributed by atoms with Crippen molar-refractivity contribution in [1.82, 2.24) is 15.1 Å². The van der Waals surface area contributed by atoms with Crippen LogP contribution in [0.5, 0.6) is 0 Å². The predicted octanol–water partition coefficient (Wildman–Crippen LogP) is 2.19. The summed E-state index contributed by atoms with van der Waals surface area (Å²) in [5.41, 5.74) is -0.477. The van der Waals surface area contributed by atoms with Crippen LogP contribution in [0.4, 0.5) is 0 Å². The van der Waals surface area contributed by atoms with E-state index < -0.39 is 5.60 Å². The Kier molecular flexibility index (Phi) is 5.50. The molecule has 0 aliphatic rings. The molecule has 1 amide bonds. The summed E-state index contributed by atoms with van der Waals surface area (Å²) in [6.45, 7) is 1.79. The van der Waals surface area contributed by atoms with Gasteiger partial charge < -0.3 is 10.4 Å². The molecule has 118 valence electrons. The fourth-order valence-electron chi connectivity index (χ4n) is 1.80. The van der Waals surface area contributed by atoms with Crippen molar-refractivity contribution in [3.05, 3.63) is 47.2 Å². The van der Waals surface area contributed by atoms with Crippen LogP contribution in [0.25, 0.3) is 0 Å². The molecule has 1 aromatic carbocycles. The molecule has 1 aromatic heterocycles. The van der Waals surface area contributed by atoms with E-state index in [2.05, 4.69) is 10.4 Å². The highest BCUT2D eigenvalue weighted by Crippen LogP contribution is 2.21. The van der Waals surface area contributed by atoms with Gasteiger partial charge in [-0.1, -0.05) is 11.6 Å². The van der Waals surface area contributed by atoms with Crippen LogP contribution in [0, 0.1) is 0 Å². The first-order valence-electron chi connectivity index (χ1n) is 6.73. The fraction of sp³-hybridized carbons (Fsp3) is 0.333. The van der Waals surface area contributed by atoms with Crippen LogP contribution in [0.1, 0.15) is 12.5 Å². The highest BCUT2D eigenvalue weighted by atomic mass is 35.5. The Balaban J connectivity index is 1.81. The minimum Gasteiger partial charge on any atom is -0.383 e. The molecule has 0 bridgehead atoms. The van der Waals surface area contributed by atoms with E-state index in [1.54, 1.807) is 43.2 Å². The molecule has 1 atom stereocenters. The summed E-state index contributed by atoms with van der Waals surface area (Å²) >= 11 is 7.23. The Labute approximate surface area is 138 Å². The lowest BCUT2D eigenvalue weighted by atomic mass is 10.00. The molecular formula is C15H18ClN3O2S. The first-order chi connectivity index (χ1) is 10.4. The molecule has 0 aliphatic carbocycles. The van der Waals surface area contributed by atoms with Gasteiger partial charge in [0.15, 0.2) is 0 Å². The van der Waals surface area contributed by atoms with E-state index in [0.29, 0.717) is 10.6 Å². The van der Waals surface area contributed by atoms with Crippen LogP contribution in [0.3, 0.4) is 0 Å². The summed E-state index contributed by atoms with van der Waals surface area (Å²) < 4.78 is 1.61. The van der Waals surface area contributed by atoms with E-state index in [0.717, 1.165) is 4.90 Å². The monoisotopic (exact) mass is 339 g/mol. The zero-order valence-corrected chi connectivity index (χ0v) is 14.0. The highest BCUT2D eigenvalue weighted by Gasteiger charge is 2.25. The smallest absolute Gasteiger partial charge is 0.230 e. The van der Waals surface area contributed by atoms with Crippen molar-refractivity contribution in [3.63, 3.8) is 0 Å². The van der Waals surface area contributed by atoms with E-state index in [9.17, 15) is 9.90 Å². The Morgan fingerprint density at radius 2 is 2.14 bits per heavy atom. The number of aromatic nitrogens is 2. The molecule has 2 aromatic rings. The lowest BCUT2D eigenvalue weighted by Crippen LogP contribution is -2.39. The maximum absolute atomic E-state index is 11.9. The Morgan fingerprint density at radius 3 is 2.73 bits per heavy atom. The molecule has 22 heavy (non-hydrogen) atoms. The first kappa shape index (κ1) is 16.9. The number of benzene rings is 1. The molecule has 0 aliphatic heterocycles. The fourth-order valence-corrected chi connectivity index (χ4v) is 2.66. The van der Waals surface area contributed by atoms with Gasteiger partial charge >= 0.3 is 0 Å². The van der Waals surface area contributed by atoms with Crippen molar-refractivity contribution < 1.29 is 9.90 Å². The summed E-state index contributed by atoms with van der Waals surface area (Å²) in [6.07, 6.45) is 3.32. The van der Waals surface area contributed by atoms with E-state index >= 15 is 0 Å². The lowest BCUT2D eigenvalue weighted by Gasteiger charge is -2.22. The molecule has 0 fully saturated rings. The van der Waals surface area contributed by atoms with Gasteiger partial charge in [-0.15, -0.1) is 11.8 Å². The van der Waals surface area contributed by atoms with Crippen LogP contribution in [0.2, 0.25) is 5.02 Å². The number of rotatable bonds is 6. The Bertz CT molecular complexity index is 640. The summed E-state index contributed by atoms with van der Waals surface area (Å²) in [5, 5.41) is 17.8. The van der Waals surface area contributed by atoms with Crippen molar-refractivity contribution in [2.24, 2.45) is 7.05 Å². The SMILES string of the molecule is Cn1cc(C(C)(O)CNC(=O)CSc2ccc(Cl)cc2)cn1. The maximum Gasteiger partial charge on any atom is 0.230 e. The molecule has 0 spiro atoms. The highest BCUT2D eigenvalue weighted by molar-refractivity contribution is 8.00. The standard InChI is InChI=1S/C15H18ClN3O2S/c1-15(21,11-7-18-19(2)8-11)10-17-14(20)9-22-13-5-3-12(16)4-6-13/h3-8,21H,9-10H2,1-2H3,(H,17,20). The van der Waals surface area contributed by atoms with Crippen LogP contribution < -0.4 is 5.32 Å². The number of halogens is 1. The van der Waals surface area contributed by atoms with Crippen LogP contribution >= 0.6 is 23.4 Å². The van der Waals surface area contributed by atoms with Gasteiger partial charge in [0.2, 0.25) is 5.91 Å². The van der Waals surface area contributed by atoms with E-state index in [1.165, 1.54) is 11.8 Å². The maximum atomic E-state index is 11.9. The predicted molar refractivity (Wildman–Crippen MR) is 88.0 cm³/mol. The normalized spacial score (nSPS) is 13.6. The van der Waals surface area contributed by atoms with Crippen molar-refractivity contribution in [2.45, 2.75) is 17.4 Å². The molecule has 2 N–H and O–H groups in total. The van der Waals surface area contributed by atoms with Gasteiger partial charge in [0.05, 0.1) is 18.5 Å². The topological polar surface area (TPSA) is 67.2 Å². The molecular weight excluding hydrogens is 322 g/mol. The quantitative estimate of drug-likeness (QED) is 0.792. The van der Waals surface area contributed by atoms with Crippen molar-refractivity contribution in [2.75, 3.05) is 12.3 Å². The third-order valence-electron chi connectivity index (χ3n) is 3.14. The minimum absolute atomic E-state index is 0.135. The number of nitrogens with one attached hydrogen (secondary N) is 1. The van der Waals surface area contributed by atoms with Crippen LogP contribution in [-0.2, 0) is 17.4 Å². The van der Waals surface area contributed by atoms with Gasteiger partial charge in [-0.2, -0.15) is 5.10 Å². The van der Waals surface area contributed by atoms with Gasteiger partial charge in [0.1, 0.15) is 5.60 Å². The zero-order valence-electron chi connectivity index (χ0n) is 12.4. The third kappa shape index (κ3) is 4.76. The van der Waals surface area contributed by atoms with Gasteiger partial charge in [0.25, 0.3) is 0 Å². The van der Waals surface area contributed by atoms with E-state index in [4.69, 9.17) is 11.6 Å². The number of aryl methyl sites for hydroxylation is 1. The number of hydrogen-bond acceptors (Lipinski definition) is 4. The van der Waals surface area contributed by atoms with Gasteiger partial charge in [-0.3, -0.25) is 9.48 Å². The van der Waals surface area contributed by atoms with Crippen LogP contribution in [-0.4, -0.2) is 33.1 Å². The summed E-state index contributed by atoms with van der Waals surface area (Å²) in [5.74, 6) is 0.147. The third-order valence-corrected chi connectivity index (χ3v) is 4.40. The molecule has 0 radical (unpaired) electrons. The summed E-state index contributed by atoms with van der Waals surface area (Å²) in [7, 11) is 1.78. The number of carbonyl (C=O) groups excluding carboxylic acids is 1. The van der Waals surface area contributed by atoms with Crippen LogP contribution in [0.15, 0.2) is 41.6 Å². The second kappa shape index (κ2) is 7.17. The van der Waals surface area contributed by atoms with E-state index in [1.807, 2.05) is 12.1 Å². The van der Waals surface area contributed by atoms with Gasteiger partial charge in [-0.05, 0) is 31.2 Å². The number of hydrogen-bond donors (Lipinski definition) is 2. The second-order valence-electron chi connectivity index (χ2n) is 5.20. The Morgan fingerprint density at radius 1 is 1.45 bits per heavy atom. The number of carbonyl (C=O) groups is 1. The average molecular weight is 340 g/mol. The lowest BCUT2D eigenvalue weighted by molar-refractivity contribution is -0.119. The van der Waals surface area contributed by atoms with E-state index in [-0.39, 0.29) is 18.2 Å². The number of thioether (sulfide) groups is 1. The average Bonchev–Trinajstić information content (AvgIpc) is 2.92. The first-order valence-corrected chi connectivity index (χ1v) is 8.10. The number of nitrogens with zero attached hydrogens (tertiary/aromatic N) is 2. The molecule has 2 rings (SSSR count). The molecule has 7 heteroatoms. The van der Waals surface area contributed by atoms with Crippen molar-refractivity contribution in [3.8, 4) is 0 Å². The summed E-state index contributed by atoms with van der Waals surface area (Å²) in [6, 6.07) is 7.31. The van der Waals surface area contributed by atoms with Gasteiger partial charge in [-0.25, -0.2) is 0 Å². The number of aliphatic hydroxyl groups is 1. The second-order valence-corrected chi connectivity index (χ2v) is 6.68. The largest absolute Gasteiger partial charge is 0.383 e. The number of amides is 1. The van der Waals surface area contributed by atoms with Crippen molar-refractivity contribution in [1.29, 1.82) is 0 Å². The molecule has 0 saturated heterocycles. The molecule has 1 heterocycles. The molecule has 0 saturated carbocycles. The molecule has 5 nitrogen and oxygen atoms in total.